The van der Waals surface area contributed by atoms with E-state index in [1.54, 1.807) is 24.3 Å². The Balaban J connectivity index is 2.10. The molecule has 2 heterocycles. The number of phenolic OH excluding ortho intramolecular Hbond substituents is 1. The molecule has 3 aromatic rings. The second-order valence-electron chi connectivity index (χ2n) is 6.26. The van der Waals surface area contributed by atoms with E-state index < -0.39 is 5.41 Å². The van der Waals surface area contributed by atoms with Crippen molar-refractivity contribution in [1.82, 2.24) is 9.97 Å². The maximum Gasteiger partial charge on any atom is 0.195 e. The number of hydrogen-bond donors (Lipinski definition) is 2. The van der Waals surface area contributed by atoms with Crippen molar-refractivity contribution in [2.75, 3.05) is 0 Å². The van der Waals surface area contributed by atoms with Gasteiger partial charge in [-0.25, -0.2) is 4.98 Å². The third-order valence-electron chi connectivity index (χ3n) is 4.55. The smallest absolute Gasteiger partial charge is 0.195 e. The fourth-order valence-corrected chi connectivity index (χ4v) is 3.36. The summed E-state index contributed by atoms with van der Waals surface area (Å²) in [6, 6.07) is 10.2. The monoisotopic (exact) mass is 303 g/mol. The van der Waals surface area contributed by atoms with Crippen LogP contribution >= 0.6 is 0 Å². The van der Waals surface area contributed by atoms with Crippen LogP contribution in [0.5, 0.6) is 5.75 Å². The summed E-state index contributed by atoms with van der Waals surface area (Å²) in [4.78, 5) is 20.4. The minimum absolute atomic E-state index is 0.0907. The topological polar surface area (TPSA) is 89.8 Å². The van der Waals surface area contributed by atoms with Crippen LogP contribution in [0.3, 0.4) is 0 Å². The molecule has 0 amide bonds. The van der Waals surface area contributed by atoms with Gasteiger partial charge in [0.05, 0.1) is 5.56 Å². The van der Waals surface area contributed by atoms with E-state index in [4.69, 9.17) is 5.26 Å². The maximum absolute atomic E-state index is 12.9. The number of hydrogen-bond acceptors (Lipinski definition) is 4. The molecule has 0 aliphatic heterocycles. The SMILES string of the molecule is CC1(C)c2cc(O)ccc2C(=O)c2c1[nH]c1nc(C#N)ccc21. The van der Waals surface area contributed by atoms with Gasteiger partial charge in [-0.3, -0.25) is 4.79 Å². The molecule has 0 saturated carbocycles. The standard InChI is InChI=1S/C18H13N3O2/c1-18(2)13-7-10(22)4-6-11(13)15(23)14-12-5-3-9(8-19)20-17(12)21-16(14)18/h3-7,22H,1-2H3,(H,20,21). The van der Waals surface area contributed by atoms with Gasteiger partial charge >= 0.3 is 0 Å². The predicted molar refractivity (Wildman–Crippen MR) is 84.5 cm³/mol. The predicted octanol–water partition coefficient (Wildman–Crippen LogP) is 3.01. The van der Waals surface area contributed by atoms with Gasteiger partial charge in [-0.1, -0.05) is 13.8 Å². The lowest BCUT2D eigenvalue weighted by atomic mass is 9.71. The second kappa shape index (κ2) is 4.20. The van der Waals surface area contributed by atoms with Crippen LogP contribution in [-0.2, 0) is 5.41 Å². The summed E-state index contributed by atoms with van der Waals surface area (Å²) in [5.74, 6) is 0.0427. The maximum atomic E-state index is 12.9. The fourth-order valence-electron chi connectivity index (χ4n) is 3.36. The number of nitrogens with one attached hydrogen (secondary N) is 1. The van der Waals surface area contributed by atoms with Gasteiger partial charge in [-0.2, -0.15) is 5.26 Å². The molecular weight excluding hydrogens is 290 g/mol. The lowest BCUT2D eigenvalue weighted by Gasteiger charge is -2.32. The molecule has 0 fully saturated rings. The number of rotatable bonds is 0. The first-order valence-electron chi connectivity index (χ1n) is 7.25. The van der Waals surface area contributed by atoms with Gasteiger partial charge in [0, 0.05) is 22.1 Å². The highest BCUT2D eigenvalue weighted by Crippen LogP contribution is 2.44. The molecule has 0 bridgehead atoms. The molecule has 5 heteroatoms. The number of aromatic hydroxyl groups is 1. The third-order valence-corrected chi connectivity index (χ3v) is 4.55. The summed E-state index contributed by atoms with van der Waals surface area (Å²) in [6.07, 6.45) is 0. The van der Waals surface area contributed by atoms with Crippen LogP contribution in [0.15, 0.2) is 30.3 Å². The highest BCUT2D eigenvalue weighted by atomic mass is 16.3. The average Bonchev–Trinajstić information content (AvgIpc) is 2.92. The van der Waals surface area contributed by atoms with Crippen molar-refractivity contribution in [3.8, 4) is 11.8 Å². The Labute approximate surface area is 132 Å². The van der Waals surface area contributed by atoms with Crippen LogP contribution in [0.25, 0.3) is 11.0 Å². The molecule has 0 spiro atoms. The summed E-state index contributed by atoms with van der Waals surface area (Å²) in [6.45, 7) is 3.99. The zero-order chi connectivity index (χ0) is 16.4. The highest BCUT2D eigenvalue weighted by Gasteiger charge is 2.40. The molecule has 0 unspecified atom stereocenters. The first-order chi connectivity index (χ1) is 10.9. The van der Waals surface area contributed by atoms with E-state index in [1.165, 1.54) is 6.07 Å². The number of carbonyl (C=O) groups excluding carboxylic acids is 1. The Morgan fingerprint density at radius 1 is 1.26 bits per heavy atom. The van der Waals surface area contributed by atoms with Crippen molar-refractivity contribution in [1.29, 1.82) is 5.26 Å². The summed E-state index contributed by atoms with van der Waals surface area (Å²) >= 11 is 0. The molecule has 2 aromatic heterocycles. The summed E-state index contributed by atoms with van der Waals surface area (Å²) < 4.78 is 0. The van der Waals surface area contributed by atoms with Crippen molar-refractivity contribution in [2.45, 2.75) is 19.3 Å². The Morgan fingerprint density at radius 2 is 2.04 bits per heavy atom. The van der Waals surface area contributed by atoms with Crippen molar-refractivity contribution >= 4 is 16.8 Å². The lowest BCUT2D eigenvalue weighted by molar-refractivity contribution is 0.103. The van der Waals surface area contributed by atoms with Crippen molar-refractivity contribution in [3.05, 3.63) is 58.4 Å². The molecule has 0 atom stereocenters. The quantitative estimate of drug-likeness (QED) is 0.668. The fraction of sp³-hybridized carbons (Fsp3) is 0.167. The van der Waals surface area contributed by atoms with E-state index >= 15 is 0 Å². The molecule has 23 heavy (non-hydrogen) atoms. The highest BCUT2D eigenvalue weighted by molar-refractivity contribution is 6.19. The van der Waals surface area contributed by atoms with E-state index in [1.807, 2.05) is 19.9 Å². The van der Waals surface area contributed by atoms with E-state index in [-0.39, 0.29) is 11.5 Å². The molecule has 1 aliphatic carbocycles. The van der Waals surface area contributed by atoms with E-state index in [0.717, 1.165) is 16.6 Å². The van der Waals surface area contributed by atoms with Crippen LogP contribution < -0.4 is 0 Å². The van der Waals surface area contributed by atoms with Gasteiger partial charge in [0.1, 0.15) is 23.2 Å². The number of aromatic amines is 1. The van der Waals surface area contributed by atoms with Crippen LogP contribution in [-0.4, -0.2) is 20.9 Å². The van der Waals surface area contributed by atoms with Gasteiger partial charge in [0.2, 0.25) is 0 Å². The first-order valence-corrected chi connectivity index (χ1v) is 7.25. The van der Waals surface area contributed by atoms with Gasteiger partial charge in [0.25, 0.3) is 0 Å². The summed E-state index contributed by atoms with van der Waals surface area (Å²) in [7, 11) is 0. The first kappa shape index (κ1) is 13.5. The molecule has 2 N–H and O–H groups in total. The molecule has 0 radical (unpaired) electrons. The molecule has 4 rings (SSSR count). The molecule has 112 valence electrons. The second-order valence-corrected chi connectivity index (χ2v) is 6.26. The number of ketones is 1. The Hall–Kier alpha value is -3.13. The number of phenols is 1. The molecule has 0 saturated heterocycles. The molecular formula is C18H13N3O2. The normalized spacial score (nSPS) is 15.1. The third kappa shape index (κ3) is 1.66. The molecule has 5 nitrogen and oxygen atoms in total. The van der Waals surface area contributed by atoms with Gasteiger partial charge in [-0.15, -0.1) is 0 Å². The van der Waals surface area contributed by atoms with Crippen molar-refractivity contribution in [3.63, 3.8) is 0 Å². The zero-order valence-electron chi connectivity index (χ0n) is 12.6. The Bertz CT molecular complexity index is 1040. The van der Waals surface area contributed by atoms with Gasteiger partial charge in [0.15, 0.2) is 5.78 Å². The molecule has 1 aliphatic rings. The Kier molecular flexibility index (Phi) is 2.47. The lowest BCUT2D eigenvalue weighted by Crippen LogP contribution is -2.30. The minimum Gasteiger partial charge on any atom is -0.508 e. The summed E-state index contributed by atoms with van der Waals surface area (Å²) in [5.41, 5.74) is 3.08. The van der Waals surface area contributed by atoms with Crippen LogP contribution in [0, 0.1) is 11.3 Å². The van der Waals surface area contributed by atoms with E-state index in [9.17, 15) is 9.90 Å². The number of H-pyrrole nitrogens is 1. The zero-order valence-corrected chi connectivity index (χ0v) is 12.6. The van der Waals surface area contributed by atoms with Gasteiger partial charge in [-0.05, 0) is 35.9 Å². The Morgan fingerprint density at radius 3 is 2.78 bits per heavy atom. The van der Waals surface area contributed by atoms with Crippen LogP contribution in [0.1, 0.15) is 46.7 Å². The van der Waals surface area contributed by atoms with Crippen molar-refractivity contribution < 1.29 is 9.90 Å². The number of carbonyl (C=O) groups is 1. The van der Waals surface area contributed by atoms with E-state index in [0.29, 0.717) is 22.5 Å². The van der Waals surface area contributed by atoms with E-state index in [2.05, 4.69) is 9.97 Å². The number of fused-ring (bicyclic) bond motifs is 4. The molecule has 1 aromatic carbocycles. The minimum atomic E-state index is -0.481. The van der Waals surface area contributed by atoms with Crippen LogP contribution in [0.2, 0.25) is 0 Å². The number of nitrogens with zero attached hydrogens (tertiary/aromatic N) is 2. The van der Waals surface area contributed by atoms with Gasteiger partial charge < -0.3 is 10.1 Å². The van der Waals surface area contributed by atoms with Crippen molar-refractivity contribution in [2.24, 2.45) is 0 Å². The number of aromatic nitrogens is 2. The number of nitriles is 1. The van der Waals surface area contributed by atoms with Crippen LogP contribution in [0.4, 0.5) is 0 Å². The summed E-state index contributed by atoms with van der Waals surface area (Å²) in [5, 5.41) is 19.5. The number of benzene rings is 1. The largest absolute Gasteiger partial charge is 0.508 e. The average molecular weight is 303 g/mol. The number of pyridine rings is 1.